The van der Waals surface area contributed by atoms with Gasteiger partial charge in [-0.15, -0.1) is 0 Å². The van der Waals surface area contributed by atoms with Crippen LogP contribution in [0.5, 0.6) is 0 Å². The third-order valence-electron chi connectivity index (χ3n) is 6.46. The summed E-state index contributed by atoms with van der Waals surface area (Å²) < 4.78 is 0. The van der Waals surface area contributed by atoms with Gasteiger partial charge in [-0.05, 0) is 43.4 Å². The Morgan fingerprint density at radius 2 is 1.55 bits per heavy atom. The highest BCUT2D eigenvalue weighted by molar-refractivity contribution is 5.61. The maximum Gasteiger partial charge on any atom is 0.0470 e. The average molecular weight is 291 g/mol. The lowest BCUT2D eigenvalue weighted by Gasteiger charge is -2.61. The fraction of sp³-hybridized carbons (Fsp3) is 0.429. The summed E-state index contributed by atoms with van der Waals surface area (Å²) in [5, 5.41) is 0. The standard InChI is InChI=1S/C21H25N/c1-20-14-8-9-15-21(20,18-11-4-3-5-12-18)16-17-10-6-7-13-19(17)22(20)2/h3-7,10-13H,8-9,14-16H2,1-2H3. The Bertz CT molecular complexity index is 677. The normalized spacial score (nSPS) is 30.5. The maximum absolute atomic E-state index is 2.58. The van der Waals surface area contributed by atoms with Crippen LogP contribution in [0.1, 0.15) is 43.7 Å². The van der Waals surface area contributed by atoms with Gasteiger partial charge in [0.1, 0.15) is 0 Å². The zero-order valence-corrected chi connectivity index (χ0v) is 13.7. The van der Waals surface area contributed by atoms with Gasteiger partial charge in [0.25, 0.3) is 0 Å². The summed E-state index contributed by atoms with van der Waals surface area (Å²) in [5.41, 5.74) is 4.92. The van der Waals surface area contributed by atoms with Crippen LogP contribution in [0.2, 0.25) is 0 Å². The lowest BCUT2D eigenvalue weighted by molar-refractivity contribution is 0.141. The summed E-state index contributed by atoms with van der Waals surface area (Å²) in [4.78, 5) is 2.58. The van der Waals surface area contributed by atoms with E-state index in [2.05, 4.69) is 73.5 Å². The molecule has 2 aromatic rings. The molecule has 0 saturated heterocycles. The van der Waals surface area contributed by atoms with E-state index in [-0.39, 0.29) is 11.0 Å². The first-order valence-corrected chi connectivity index (χ1v) is 8.55. The highest BCUT2D eigenvalue weighted by Gasteiger charge is 2.55. The third kappa shape index (κ3) is 1.71. The molecule has 0 amide bonds. The Balaban J connectivity index is 1.95. The monoisotopic (exact) mass is 291 g/mol. The number of hydrogen-bond donors (Lipinski definition) is 0. The summed E-state index contributed by atoms with van der Waals surface area (Å²) >= 11 is 0. The summed E-state index contributed by atoms with van der Waals surface area (Å²) in [6.45, 7) is 2.50. The van der Waals surface area contributed by atoms with E-state index in [0.717, 1.165) is 0 Å². The molecule has 4 rings (SSSR count). The number of fused-ring (bicyclic) bond motifs is 2. The van der Waals surface area contributed by atoms with Crippen molar-refractivity contribution in [1.82, 2.24) is 0 Å². The van der Waals surface area contributed by atoms with Gasteiger partial charge in [-0.1, -0.05) is 61.4 Å². The summed E-state index contributed by atoms with van der Waals surface area (Å²) in [6, 6.07) is 20.2. The van der Waals surface area contributed by atoms with E-state index in [1.807, 2.05) is 0 Å². The number of nitrogens with zero attached hydrogens (tertiary/aromatic N) is 1. The van der Waals surface area contributed by atoms with Crippen molar-refractivity contribution in [1.29, 1.82) is 0 Å². The largest absolute Gasteiger partial charge is 0.368 e. The molecule has 1 aliphatic carbocycles. The number of anilines is 1. The maximum atomic E-state index is 2.58. The zero-order chi connectivity index (χ0) is 15.2. The van der Waals surface area contributed by atoms with Crippen LogP contribution >= 0.6 is 0 Å². The SMILES string of the molecule is CN1c2ccccc2CC2(c3ccccc3)CCCCC12C. The highest BCUT2D eigenvalue weighted by atomic mass is 15.2. The summed E-state index contributed by atoms with van der Waals surface area (Å²) in [7, 11) is 2.31. The van der Waals surface area contributed by atoms with Crippen LogP contribution in [0.15, 0.2) is 54.6 Å². The number of rotatable bonds is 1. The second-order valence-corrected chi connectivity index (χ2v) is 7.29. The molecule has 0 spiro atoms. The van der Waals surface area contributed by atoms with Gasteiger partial charge in [-0.25, -0.2) is 0 Å². The number of hydrogen-bond acceptors (Lipinski definition) is 1. The fourth-order valence-electron chi connectivity index (χ4n) is 5.07. The van der Waals surface area contributed by atoms with Crippen molar-refractivity contribution in [2.45, 2.75) is 50.0 Å². The van der Waals surface area contributed by atoms with Crippen LogP contribution in [-0.4, -0.2) is 12.6 Å². The van der Waals surface area contributed by atoms with Crippen molar-refractivity contribution < 1.29 is 0 Å². The first kappa shape index (κ1) is 13.9. The third-order valence-corrected chi connectivity index (χ3v) is 6.46. The van der Waals surface area contributed by atoms with E-state index >= 15 is 0 Å². The van der Waals surface area contributed by atoms with Crippen molar-refractivity contribution in [2.24, 2.45) is 0 Å². The second kappa shape index (κ2) is 4.87. The van der Waals surface area contributed by atoms with Crippen molar-refractivity contribution in [3.8, 4) is 0 Å². The predicted octanol–water partition coefficient (Wildman–Crippen LogP) is 4.95. The first-order chi connectivity index (χ1) is 10.7. The predicted molar refractivity (Wildman–Crippen MR) is 93.5 cm³/mol. The highest BCUT2D eigenvalue weighted by Crippen LogP contribution is 2.55. The Morgan fingerprint density at radius 3 is 2.36 bits per heavy atom. The molecule has 2 atom stereocenters. The molecule has 114 valence electrons. The van der Waals surface area contributed by atoms with Gasteiger partial charge in [0.05, 0.1) is 0 Å². The van der Waals surface area contributed by atoms with Crippen molar-refractivity contribution in [2.75, 3.05) is 11.9 Å². The molecule has 1 heteroatoms. The Labute approximate surface area is 134 Å². The minimum atomic E-state index is 0.209. The van der Waals surface area contributed by atoms with E-state index in [0.29, 0.717) is 0 Å². The molecule has 22 heavy (non-hydrogen) atoms. The van der Waals surface area contributed by atoms with Gasteiger partial charge in [-0.2, -0.15) is 0 Å². The fourth-order valence-corrected chi connectivity index (χ4v) is 5.07. The van der Waals surface area contributed by atoms with Gasteiger partial charge in [0.2, 0.25) is 0 Å². The summed E-state index contributed by atoms with van der Waals surface area (Å²) in [6.07, 6.45) is 6.45. The van der Waals surface area contributed by atoms with Crippen LogP contribution in [0, 0.1) is 0 Å². The van der Waals surface area contributed by atoms with Crippen molar-refractivity contribution in [3.63, 3.8) is 0 Å². The van der Waals surface area contributed by atoms with Gasteiger partial charge in [-0.3, -0.25) is 0 Å². The van der Waals surface area contributed by atoms with Crippen LogP contribution in [0.4, 0.5) is 5.69 Å². The molecule has 2 aliphatic rings. The molecule has 0 N–H and O–H groups in total. The average Bonchev–Trinajstić information content (AvgIpc) is 2.57. The number of benzene rings is 2. The van der Waals surface area contributed by atoms with Gasteiger partial charge in [0.15, 0.2) is 0 Å². The Morgan fingerprint density at radius 1 is 0.864 bits per heavy atom. The molecule has 1 nitrogen and oxygen atoms in total. The molecular formula is C21H25N. The minimum Gasteiger partial charge on any atom is -0.368 e. The van der Waals surface area contributed by atoms with E-state index in [1.165, 1.54) is 48.9 Å². The molecule has 0 bridgehead atoms. The topological polar surface area (TPSA) is 3.24 Å². The molecule has 1 aliphatic heterocycles. The van der Waals surface area contributed by atoms with Gasteiger partial charge >= 0.3 is 0 Å². The molecule has 2 unspecified atom stereocenters. The van der Waals surface area contributed by atoms with Crippen LogP contribution in [-0.2, 0) is 11.8 Å². The lowest BCUT2D eigenvalue weighted by atomic mass is 9.54. The molecule has 1 saturated carbocycles. The van der Waals surface area contributed by atoms with Crippen LogP contribution < -0.4 is 4.90 Å². The van der Waals surface area contributed by atoms with E-state index in [1.54, 1.807) is 0 Å². The molecule has 0 aromatic heterocycles. The Kier molecular flexibility index (Phi) is 3.07. The molecular weight excluding hydrogens is 266 g/mol. The molecule has 1 heterocycles. The zero-order valence-electron chi connectivity index (χ0n) is 13.7. The quantitative estimate of drug-likeness (QED) is 0.718. The van der Waals surface area contributed by atoms with Crippen molar-refractivity contribution >= 4 is 5.69 Å². The Hall–Kier alpha value is -1.76. The molecule has 2 aromatic carbocycles. The smallest absolute Gasteiger partial charge is 0.0470 e. The lowest BCUT2D eigenvalue weighted by Crippen LogP contribution is -2.64. The van der Waals surface area contributed by atoms with Crippen LogP contribution in [0.3, 0.4) is 0 Å². The van der Waals surface area contributed by atoms with E-state index < -0.39 is 0 Å². The van der Waals surface area contributed by atoms with Gasteiger partial charge in [0, 0.05) is 23.7 Å². The minimum absolute atomic E-state index is 0.209. The first-order valence-electron chi connectivity index (χ1n) is 8.55. The van der Waals surface area contributed by atoms with Gasteiger partial charge < -0.3 is 4.90 Å². The second-order valence-electron chi connectivity index (χ2n) is 7.29. The number of para-hydroxylation sites is 1. The number of likely N-dealkylation sites (N-methyl/N-ethyl adjacent to an activating group) is 1. The molecule has 1 fully saturated rings. The molecule has 0 radical (unpaired) electrons. The van der Waals surface area contributed by atoms with E-state index in [9.17, 15) is 0 Å². The summed E-state index contributed by atoms with van der Waals surface area (Å²) in [5.74, 6) is 0. The van der Waals surface area contributed by atoms with Crippen molar-refractivity contribution in [3.05, 3.63) is 65.7 Å². The van der Waals surface area contributed by atoms with E-state index in [4.69, 9.17) is 0 Å². The van der Waals surface area contributed by atoms with Crippen LogP contribution in [0.25, 0.3) is 0 Å².